The summed E-state index contributed by atoms with van der Waals surface area (Å²) in [5, 5.41) is 3.40. The topological polar surface area (TPSA) is 28.2 Å². The fourth-order valence-corrected chi connectivity index (χ4v) is 4.56. The van der Waals surface area contributed by atoms with Gasteiger partial charge in [-0.25, -0.2) is 3.71 Å². The van der Waals surface area contributed by atoms with E-state index in [0.717, 1.165) is 17.9 Å². The second-order valence-electron chi connectivity index (χ2n) is 5.11. The van der Waals surface area contributed by atoms with Gasteiger partial charge in [0.2, 0.25) is 0 Å². The molecule has 0 spiro atoms. The van der Waals surface area contributed by atoms with Crippen molar-refractivity contribution < 1.29 is 0 Å². The number of aromatic nitrogens is 1. The summed E-state index contributed by atoms with van der Waals surface area (Å²) in [6.07, 6.45) is 1.82. The summed E-state index contributed by atoms with van der Waals surface area (Å²) in [5.41, 5.74) is 3.34. The lowest BCUT2D eigenvalue weighted by molar-refractivity contribution is 1.05. The van der Waals surface area contributed by atoms with Crippen molar-refractivity contribution in [3.8, 4) is 0 Å². The van der Waals surface area contributed by atoms with E-state index in [1.165, 1.54) is 15.5 Å². The molecule has 1 aromatic heterocycles. The number of fused-ring (bicyclic) bond motifs is 1. The van der Waals surface area contributed by atoms with E-state index in [4.69, 9.17) is 0 Å². The Labute approximate surface area is 144 Å². The minimum Gasteiger partial charge on any atom is -0.379 e. The molecular weight excluding hydrogens is 322 g/mol. The van der Waals surface area contributed by atoms with Gasteiger partial charge in [0.15, 0.2) is 0 Å². The van der Waals surface area contributed by atoms with E-state index in [1.54, 1.807) is 23.9 Å². The fraction of sp³-hybridized carbons (Fsp3) is 0.0556. The molecule has 2 aromatic carbocycles. The van der Waals surface area contributed by atoms with E-state index >= 15 is 0 Å². The maximum absolute atomic E-state index is 4.32. The highest BCUT2D eigenvalue weighted by atomic mass is 32.2. The third-order valence-electron chi connectivity index (χ3n) is 3.49. The van der Waals surface area contributed by atoms with Crippen LogP contribution in [0.2, 0.25) is 0 Å². The van der Waals surface area contributed by atoms with E-state index < -0.39 is 0 Å². The number of nitrogens with one attached hydrogen (secondary N) is 1. The van der Waals surface area contributed by atoms with Crippen LogP contribution in [0, 0.1) is 0 Å². The molecule has 3 aromatic rings. The molecular formula is C18H15N3S2. The van der Waals surface area contributed by atoms with Gasteiger partial charge in [0.1, 0.15) is 0 Å². The van der Waals surface area contributed by atoms with Crippen LogP contribution in [-0.4, -0.2) is 4.98 Å². The van der Waals surface area contributed by atoms with Crippen LogP contribution in [0.25, 0.3) is 0 Å². The Bertz CT molecular complexity index is 766. The highest BCUT2D eigenvalue weighted by Gasteiger charge is 2.21. The highest BCUT2D eigenvalue weighted by Crippen LogP contribution is 2.48. The number of pyridine rings is 1. The lowest BCUT2D eigenvalue weighted by atomic mass is 10.3. The van der Waals surface area contributed by atoms with Crippen molar-refractivity contribution in [2.75, 3.05) is 9.03 Å². The zero-order valence-corrected chi connectivity index (χ0v) is 14.0. The summed E-state index contributed by atoms with van der Waals surface area (Å²) in [6.45, 7) is 0.735. The summed E-state index contributed by atoms with van der Waals surface area (Å²) >= 11 is 3.54. The Morgan fingerprint density at radius 1 is 0.826 bits per heavy atom. The monoisotopic (exact) mass is 337 g/mol. The number of anilines is 2. The maximum atomic E-state index is 4.32. The Kier molecular flexibility index (Phi) is 4.13. The van der Waals surface area contributed by atoms with Crippen molar-refractivity contribution in [1.82, 2.24) is 4.98 Å². The van der Waals surface area contributed by atoms with Gasteiger partial charge in [-0.1, -0.05) is 18.2 Å². The summed E-state index contributed by atoms with van der Waals surface area (Å²) in [6, 6.07) is 23.0. The predicted octanol–water partition coefficient (Wildman–Crippen LogP) is 5.23. The molecule has 0 aliphatic carbocycles. The predicted molar refractivity (Wildman–Crippen MR) is 98.6 cm³/mol. The van der Waals surface area contributed by atoms with Crippen LogP contribution in [0.3, 0.4) is 0 Å². The highest BCUT2D eigenvalue weighted by molar-refractivity contribution is 8.20. The molecule has 4 rings (SSSR count). The number of hydrogen-bond donors (Lipinski definition) is 1. The Balaban J connectivity index is 1.41. The number of benzene rings is 2. The van der Waals surface area contributed by atoms with Crippen LogP contribution in [0.15, 0.2) is 82.7 Å². The van der Waals surface area contributed by atoms with E-state index in [2.05, 4.69) is 62.5 Å². The van der Waals surface area contributed by atoms with Crippen LogP contribution < -0.4 is 9.03 Å². The lowest BCUT2D eigenvalue weighted by Crippen LogP contribution is -2.02. The van der Waals surface area contributed by atoms with E-state index in [0.29, 0.717) is 0 Å². The Morgan fingerprint density at radius 2 is 1.52 bits per heavy atom. The second kappa shape index (κ2) is 6.56. The van der Waals surface area contributed by atoms with Crippen molar-refractivity contribution in [1.29, 1.82) is 0 Å². The maximum Gasteiger partial charge on any atom is 0.0603 e. The molecule has 23 heavy (non-hydrogen) atoms. The summed E-state index contributed by atoms with van der Waals surface area (Å²) in [5.74, 6) is 0. The standard InChI is InChI=1S/C18H15N3S2/c1-2-7-18-17(6-1)22-21(23-18)16-10-8-14(9-11-16)20-13-15-5-3-4-12-19-15/h1-12,20H,13H2. The van der Waals surface area contributed by atoms with E-state index in [9.17, 15) is 0 Å². The van der Waals surface area contributed by atoms with Crippen molar-refractivity contribution in [3.05, 3.63) is 78.6 Å². The third-order valence-corrected chi connectivity index (χ3v) is 5.92. The summed E-state index contributed by atoms with van der Waals surface area (Å²) in [7, 11) is 0. The average Bonchev–Trinajstić information content (AvgIpc) is 3.05. The molecule has 114 valence electrons. The molecule has 2 heterocycles. The normalized spacial score (nSPS) is 13.0. The van der Waals surface area contributed by atoms with Gasteiger partial charge in [-0.05, 0) is 48.5 Å². The van der Waals surface area contributed by atoms with Crippen molar-refractivity contribution in [2.24, 2.45) is 0 Å². The molecule has 0 fully saturated rings. The molecule has 0 bridgehead atoms. The van der Waals surface area contributed by atoms with E-state index in [1.807, 2.05) is 24.4 Å². The minimum atomic E-state index is 0.735. The first kappa shape index (κ1) is 14.5. The van der Waals surface area contributed by atoms with Gasteiger partial charge < -0.3 is 5.32 Å². The smallest absolute Gasteiger partial charge is 0.0603 e. The lowest BCUT2D eigenvalue weighted by Gasteiger charge is -2.15. The van der Waals surface area contributed by atoms with Crippen molar-refractivity contribution in [3.63, 3.8) is 0 Å². The summed E-state index contributed by atoms with van der Waals surface area (Å²) in [4.78, 5) is 6.95. The van der Waals surface area contributed by atoms with Gasteiger partial charge in [0, 0.05) is 45.6 Å². The second-order valence-corrected chi connectivity index (χ2v) is 7.31. The van der Waals surface area contributed by atoms with Crippen molar-refractivity contribution >= 4 is 35.3 Å². The number of hydrogen-bond acceptors (Lipinski definition) is 5. The van der Waals surface area contributed by atoms with Gasteiger partial charge in [-0.15, -0.1) is 0 Å². The SMILES string of the molecule is c1ccc(CNc2ccc(N3Sc4ccccc4S3)cc2)nc1. The molecule has 0 atom stereocenters. The Morgan fingerprint density at radius 3 is 2.17 bits per heavy atom. The van der Waals surface area contributed by atoms with Gasteiger partial charge >= 0.3 is 0 Å². The minimum absolute atomic E-state index is 0.735. The molecule has 1 aliphatic heterocycles. The molecule has 3 nitrogen and oxygen atoms in total. The molecule has 1 N–H and O–H groups in total. The number of rotatable bonds is 4. The number of nitrogens with zero attached hydrogens (tertiary/aromatic N) is 2. The van der Waals surface area contributed by atoms with Crippen LogP contribution in [0.5, 0.6) is 0 Å². The third kappa shape index (κ3) is 3.30. The van der Waals surface area contributed by atoms with Crippen LogP contribution in [0.1, 0.15) is 5.69 Å². The zero-order chi connectivity index (χ0) is 15.5. The largest absolute Gasteiger partial charge is 0.379 e. The first-order valence-corrected chi connectivity index (χ1v) is 8.92. The molecule has 5 heteroatoms. The molecule has 0 saturated heterocycles. The average molecular weight is 337 g/mol. The van der Waals surface area contributed by atoms with Gasteiger partial charge in [-0.3, -0.25) is 4.98 Å². The Hall–Kier alpha value is -2.11. The van der Waals surface area contributed by atoms with Crippen LogP contribution in [-0.2, 0) is 6.54 Å². The fourth-order valence-electron chi connectivity index (χ4n) is 2.30. The first-order valence-electron chi connectivity index (χ1n) is 7.37. The molecule has 0 radical (unpaired) electrons. The van der Waals surface area contributed by atoms with Gasteiger partial charge in [0.25, 0.3) is 0 Å². The van der Waals surface area contributed by atoms with Crippen LogP contribution >= 0.6 is 23.9 Å². The quantitative estimate of drug-likeness (QED) is 0.658. The summed E-state index contributed by atoms with van der Waals surface area (Å²) < 4.78 is 2.24. The van der Waals surface area contributed by atoms with Crippen LogP contribution in [0.4, 0.5) is 11.4 Å². The molecule has 0 amide bonds. The van der Waals surface area contributed by atoms with E-state index in [-0.39, 0.29) is 0 Å². The molecule has 0 unspecified atom stereocenters. The molecule has 0 saturated carbocycles. The van der Waals surface area contributed by atoms with Crippen molar-refractivity contribution in [2.45, 2.75) is 16.3 Å². The zero-order valence-electron chi connectivity index (χ0n) is 12.3. The van der Waals surface area contributed by atoms with Gasteiger partial charge in [0.05, 0.1) is 17.9 Å². The first-order chi connectivity index (χ1) is 11.4. The van der Waals surface area contributed by atoms with Gasteiger partial charge in [-0.2, -0.15) is 0 Å². The molecule has 1 aliphatic rings.